The third kappa shape index (κ3) is 6.53. The summed E-state index contributed by atoms with van der Waals surface area (Å²) < 4.78 is 0. The van der Waals surface area contributed by atoms with Crippen molar-refractivity contribution >= 4 is 56.3 Å². The van der Waals surface area contributed by atoms with Gasteiger partial charge in [-0.25, -0.2) is 9.97 Å². The van der Waals surface area contributed by atoms with Crippen molar-refractivity contribution < 1.29 is 47.1 Å². The van der Waals surface area contributed by atoms with Gasteiger partial charge in [-0.2, -0.15) is 0 Å². The molecule has 2 aliphatic heterocycles. The number of aliphatic hydroxyl groups excluding tert-OH is 2. The summed E-state index contributed by atoms with van der Waals surface area (Å²) in [5, 5.41) is 40.5. The van der Waals surface area contributed by atoms with Crippen LogP contribution in [-0.4, -0.2) is 52.3 Å². The molecule has 2 aliphatic rings. The van der Waals surface area contributed by atoms with Gasteiger partial charge in [0.25, 0.3) is 0 Å². The Bertz CT molecular complexity index is 1930. The van der Waals surface area contributed by atoms with Gasteiger partial charge >= 0.3 is 11.9 Å². The second kappa shape index (κ2) is 13.1. The molecule has 6 N–H and O–H groups in total. The largest absolute Gasteiger partial charge is 0.481 e. The van der Waals surface area contributed by atoms with E-state index in [-0.39, 0.29) is 42.8 Å². The molecule has 2 atom stereocenters. The minimum atomic E-state index is -0.921. The van der Waals surface area contributed by atoms with Gasteiger partial charge in [0.2, 0.25) is 0 Å². The quantitative estimate of drug-likeness (QED) is 0.146. The summed E-state index contributed by atoms with van der Waals surface area (Å²) in [5.74, 6) is -1.84. The van der Waals surface area contributed by atoms with Gasteiger partial charge in [0.1, 0.15) is 0 Å². The van der Waals surface area contributed by atoms with E-state index in [2.05, 4.69) is 9.97 Å². The van der Waals surface area contributed by atoms with Crippen LogP contribution in [0.5, 0.6) is 0 Å². The van der Waals surface area contributed by atoms with Gasteiger partial charge in [-0.05, 0) is 112 Å². The van der Waals surface area contributed by atoms with Crippen LogP contribution >= 0.6 is 0 Å². The zero-order chi connectivity index (χ0) is 32.0. The fourth-order valence-corrected chi connectivity index (χ4v) is 6.32. The van der Waals surface area contributed by atoms with Gasteiger partial charge in [-0.15, -0.1) is 0 Å². The number of nitrogens with one attached hydrogen (secondary N) is 2. The Morgan fingerprint density at radius 3 is 1.42 bits per heavy atom. The zero-order valence-electron chi connectivity index (χ0n) is 26.1. The number of rotatable bonds is 8. The first kappa shape index (κ1) is 33.9. The molecule has 0 saturated heterocycles. The molecular weight excluding hydrogens is 624 g/mol. The van der Waals surface area contributed by atoms with Crippen LogP contribution in [0.15, 0.2) is 24.3 Å². The molecule has 0 amide bonds. The molecule has 8 bridgehead atoms. The summed E-state index contributed by atoms with van der Waals surface area (Å²) >= 11 is 0. The van der Waals surface area contributed by atoms with Crippen LogP contribution in [0.1, 0.15) is 111 Å². The number of allylic oxidation sites excluding steroid dienone is 4. The molecule has 5 rings (SSSR count). The number of carboxylic acid groups (broad SMARTS) is 2. The molecule has 0 fully saturated rings. The Labute approximate surface area is 271 Å². The number of aliphatic hydroxyl groups is 2. The maximum absolute atomic E-state index is 11.6. The molecule has 3 aromatic rings. The average molecular weight is 662 g/mol. The number of aryl methyl sites for hydroxylation is 2. The molecule has 0 aromatic carbocycles. The van der Waals surface area contributed by atoms with Crippen molar-refractivity contribution in [1.82, 2.24) is 19.9 Å². The maximum Gasteiger partial charge on any atom is 0.303 e. The molecule has 0 saturated carbocycles. The van der Waals surface area contributed by atoms with Crippen LogP contribution in [0.3, 0.4) is 0 Å². The third-order valence-electron chi connectivity index (χ3n) is 8.65. The van der Waals surface area contributed by atoms with Crippen molar-refractivity contribution in [3.8, 4) is 0 Å². The summed E-state index contributed by atoms with van der Waals surface area (Å²) in [7, 11) is 0. The third-order valence-corrected chi connectivity index (χ3v) is 8.65. The van der Waals surface area contributed by atoms with Crippen LogP contribution in [0.25, 0.3) is 44.4 Å². The molecular formula is C34H38CuN4O6. The van der Waals surface area contributed by atoms with Gasteiger partial charge < -0.3 is 30.4 Å². The number of hydrogen-bond donors (Lipinski definition) is 6. The van der Waals surface area contributed by atoms with E-state index in [1.807, 2.05) is 52.0 Å². The number of nitrogens with zero attached hydrogens (tertiary/aromatic N) is 2. The summed E-state index contributed by atoms with van der Waals surface area (Å²) in [5.41, 5.74) is 11.7. The fourth-order valence-electron chi connectivity index (χ4n) is 6.32. The molecule has 0 spiro atoms. The Kier molecular flexibility index (Phi) is 9.89. The number of hydrogen-bond acceptors (Lipinski definition) is 6. The SMILES string of the molecule is CC1=C(CCC(=O)O)c2cc3nc(cc4[nH]c(cc5[nH]c(cc1n2)c(C)c5C(C)O)c(C)c4C(C)O)C(C)=C3CCC(=O)O.[Cu]. The van der Waals surface area contributed by atoms with E-state index in [9.17, 15) is 30.0 Å². The van der Waals surface area contributed by atoms with Crippen molar-refractivity contribution in [3.63, 3.8) is 0 Å². The van der Waals surface area contributed by atoms with E-state index in [1.165, 1.54) is 0 Å². The van der Waals surface area contributed by atoms with Crippen LogP contribution in [-0.2, 0) is 26.7 Å². The minimum Gasteiger partial charge on any atom is -0.481 e. The number of aromatic nitrogens is 4. The van der Waals surface area contributed by atoms with Gasteiger partial charge in [0.15, 0.2) is 0 Å². The smallest absolute Gasteiger partial charge is 0.303 e. The van der Waals surface area contributed by atoms with E-state index in [4.69, 9.17) is 9.97 Å². The monoisotopic (exact) mass is 661 g/mol. The second-order valence-electron chi connectivity index (χ2n) is 11.7. The normalized spacial score (nSPS) is 14.4. The first-order chi connectivity index (χ1) is 20.8. The molecule has 45 heavy (non-hydrogen) atoms. The maximum atomic E-state index is 11.6. The van der Waals surface area contributed by atoms with Crippen LogP contribution in [0.4, 0.5) is 0 Å². The standard InChI is InChI=1S/C34H38N4O6.Cu/c1-15-21(7-9-31(41)42)27-14-28-22(8-10-32(43)44)16(2)24(36-28)12-29-34(20(6)40)18(4)26(38-29)13-30-33(19(5)39)17(3)25(37-30)11-23(15)35-27;/h11-14,19-20,37-40H,7-10H2,1-6H3,(H,41,42)(H,43,44);. The number of aliphatic carboxylic acids is 2. The Morgan fingerprint density at radius 2 is 1.02 bits per heavy atom. The topological polar surface area (TPSA) is 172 Å². The number of H-pyrrole nitrogens is 2. The zero-order valence-corrected chi connectivity index (χ0v) is 27.0. The van der Waals surface area contributed by atoms with E-state index >= 15 is 0 Å². The first-order valence-corrected chi connectivity index (χ1v) is 14.7. The van der Waals surface area contributed by atoms with Gasteiger partial charge in [-0.1, -0.05) is 0 Å². The number of carbonyl (C=O) groups is 2. The molecule has 3 aromatic heterocycles. The summed E-state index contributed by atoms with van der Waals surface area (Å²) in [6.07, 6.45) is -1.18. The Morgan fingerprint density at radius 1 is 0.644 bits per heavy atom. The van der Waals surface area contributed by atoms with Crippen molar-refractivity contribution in [1.29, 1.82) is 0 Å². The van der Waals surface area contributed by atoms with Crippen molar-refractivity contribution in [2.24, 2.45) is 0 Å². The summed E-state index contributed by atoms with van der Waals surface area (Å²) in [6.45, 7) is 11.1. The summed E-state index contributed by atoms with van der Waals surface area (Å²) in [4.78, 5) is 39.8. The predicted octanol–water partition coefficient (Wildman–Crippen LogP) is 6.63. The van der Waals surface area contributed by atoms with Crippen LogP contribution < -0.4 is 0 Å². The Hall–Kier alpha value is -4.02. The van der Waals surface area contributed by atoms with E-state index in [1.54, 1.807) is 13.8 Å². The molecule has 11 heteroatoms. The summed E-state index contributed by atoms with van der Waals surface area (Å²) in [6, 6.07) is 7.51. The number of aromatic amines is 2. The van der Waals surface area contributed by atoms with E-state index in [0.29, 0.717) is 39.4 Å². The number of carboxylic acids is 2. The van der Waals surface area contributed by atoms with Crippen molar-refractivity contribution in [2.75, 3.05) is 0 Å². The molecule has 241 valence electrons. The molecule has 5 heterocycles. The van der Waals surface area contributed by atoms with Gasteiger partial charge in [0, 0.05) is 63.1 Å². The predicted molar refractivity (Wildman–Crippen MR) is 170 cm³/mol. The number of fused-ring (bicyclic) bond motifs is 8. The van der Waals surface area contributed by atoms with Gasteiger partial charge in [-0.3, -0.25) is 9.59 Å². The Balaban J connectivity index is 0.00000461. The molecule has 1 radical (unpaired) electrons. The second-order valence-corrected chi connectivity index (χ2v) is 11.7. The molecule has 10 nitrogen and oxygen atoms in total. The van der Waals surface area contributed by atoms with Crippen LogP contribution in [0.2, 0.25) is 0 Å². The van der Waals surface area contributed by atoms with E-state index in [0.717, 1.165) is 50.0 Å². The fraction of sp³-hybridized carbons (Fsp3) is 0.353. The molecule has 0 aliphatic carbocycles. The van der Waals surface area contributed by atoms with Gasteiger partial charge in [0.05, 0.1) is 35.0 Å². The van der Waals surface area contributed by atoms with Crippen molar-refractivity contribution in [3.05, 3.63) is 69.3 Å². The minimum absolute atomic E-state index is 0. The van der Waals surface area contributed by atoms with Crippen molar-refractivity contribution in [2.45, 2.75) is 79.4 Å². The van der Waals surface area contributed by atoms with E-state index < -0.39 is 24.1 Å². The molecule has 2 unspecified atom stereocenters. The average Bonchev–Trinajstić information content (AvgIpc) is 3.59. The van der Waals surface area contributed by atoms with Crippen LogP contribution in [0, 0.1) is 13.8 Å². The first-order valence-electron chi connectivity index (χ1n) is 14.7.